The summed E-state index contributed by atoms with van der Waals surface area (Å²) < 4.78 is 0. The van der Waals surface area contributed by atoms with Crippen molar-refractivity contribution in [1.82, 2.24) is 10.2 Å². The first-order chi connectivity index (χ1) is 9.23. The maximum Gasteiger partial charge on any atom is 0.318 e. The summed E-state index contributed by atoms with van der Waals surface area (Å²) in [6.07, 6.45) is 0.125. The molecule has 3 atom stereocenters. The van der Waals surface area contributed by atoms with Crippen LogP contribution in [0.4, 0.5) is 4.79 Å². The van der Waals surface area contributed by atoms with Gasteiger partial charge in [-0.15, -0.1) is 0 Å². The van der Waals surface area contributed by atoms with Gasteiger partial charge in [0.2, 0.25) is 5.91 Å². The lowest BCUT2D eigenvalue weighted by molar-refractivity contribution is -0.158. The SMILES string of the molecule is CC(C(=O)NC(N)=O)N1CCC(C(=O)O)C(C(=O)O)C1. The average Bonchev–Trinajstić information content (AvgIpc) is 2.36. The van der Waals surface area contributed by atoms with Crippen LogP contribution in [0.3, 0.4) is 0 Å². The second kappa shape index (κ2) is 6.33. The van der Waals surface area contributed by atoms with Crippen LogP contribution < -0.4 is 11.1 Å². The molecule has 3 amide bonds. The third kappa shape index (κ3) is 3.67. The van der Waals surface area contributed by atoms with Crippen molar-refractivity contribution in [2.24, 2.45) is 17.6 Å². The Morgan fingerprint density at radius 1 is 1.20 bits per heavy atom. The average molecular weight is 287 g/mol. The number of rotatable bonds is 4. The molecule has 1 aliphatic rings. The molecule has 20 heavy (non-hydrogen) atoms. The van der Waals surface area contributed by atoms with Crippen molar-refractivity contribution in [3.8, 4) is 0 Å². The smallest absolute Gasteiger partial charge is 0.318 e. The fourth-order valence-electron chi connectivity index (χ4n) is 2.27. The molecule has 1 heterocycles. The van der Waals surface area contributed by atoms with Gasteiger partial charge in [0.05, 0.1) is 17.9 Å². The molecule has 9 heteroatoms. The molecule has 0 aromatic rings. The summed E-state index contributed by atoms with van der Waals surface area (Å²) in [5.41, 5.74) is 4.84. The highest BCUT2D eigenvalue weighted by Crippen LogP contribution is 2.25. The van der Waals surface area contributed by atoms with Crippen LogP contribution in [0, 0.1) is 11.8 Å². The van der Waals surface area contributed by atoms with Crippen molar-refractivity contribution in [3.05, 3.63) is 0 Å². The van der Waals surface area contributed by atoms with Gasteiger partial charge in [0.1, 0.15) is 0 Å². The molecule has 0 aromatic carbocycles. The maximum atomic E-state index is 11.6. The summed E-state index contributed by atoms with van der Waals surface area (Å²) in [5, 5.41) is 20.0. The molecule has 0 bridgehead atoms. The lowest BCUT2D eigenvalue weighted by Gasteiger charge is -2.37. The number of nitrogens with one attached hydrogen (secondary N) is 1. The Labute approximate surface area is 114 Å². The Balaban J connectivity index is 2.75. The number of hydrogen-bond acceptors (Lipinski definition) is 5. The van der Waals surface area contributed by atoms with Crippen molar-refractivity contribution in [3.63, 3.8) is 0 Å². The number of urea groups is 1. The summed E-state index contributed by atoms with van der Waals surface area (Å²) in [6.45, 7) is 1.69. The van der Waals surface area contributed by atoms with Crippen LogP contribution >= 0.6 is 0 Å². The molecule has 1 rings (SSSR count). The number of aliphatic carboxylic acids is 2. The van der Waals surface area contributed by atoms with Crippen molar-refractivity contribution in [1.29, 1.82) is 0 Å². The highest BCUT2D eigenvalue weighted by Gasteiger charge is 2.40. The van der Waals surface area contributed by atoms with E-state index in [1.54, 1.807) is 0 Å². The topological polar surface area (TPSA) is 150 Å². The van der Waals surface area contributed by atoms with E-state index in [9.17, 15) is 19.2 Å². The predicted octanol–water partition coefficient (Wildman–Crippen LogP) is -1.32. The first kappa shape index (κ1) is 15.9. The number of imide groups is 1. The molecular weight excluding hydrogens is 270 g/mol. The third-order valence-corrected chi connectivity index (χ3v) is 3.45. The second-order valence-electron chi connectivity index (χ2n) is 4.70. The number of nitrogens with zero attached hydrogens (tertiary/aromatic N) is 1. The van der Waals surface area contributed by atoms with E-state index in [-0.39, 0.29) is 19.5 Å². The van der Waals surface area contributed by atoms with Crippen LogP contribution in [0.1, 0.15) is 13.3 Å². The number of primary amides is 1. The fourth-order valence-corrected chi connectivity index (χ4v) is 2.27. The molecule has 0 aliphatic carbocycles. The molecule has 3 unspecified atom stereocenters. The van der Waals surface area contributed by atoms with Gasteiger partial charge in [0.15, 0.2) is 0 Å². The summed E-state index contributed by atoms with van der Waals surface area (Å²) >= 11 is 0. The zero-order valence-electron chi connectivity index (χ0n) is 10.9. The first-order valence-electron chi connectivity index (χ1n) is 6.04. The minimum Gasteiger partial charge on any atom is -0.481 e. The molecule has 0 radical (unpaired) electrons. The molecule has 1 aliphatic heterocycles. The lowest BCUT2D eigenvalue weighted by atomic mass is 9.85. The normalized spacial score (nSPS) is 24.6. The molecule has 9 nitrogen and oxygen atoms in total. The molecule has 0 aromatic heterocycles. The summed E-state index contributed by atoms with van der Waals surface area (Å²) in [5.74, 6) is -5.09. The van der Waals surface area contributed by atoms with E-state index in [0.717, 1.165) is 0 Å². The van der Waals surface area contributed by atoms with Crippen molar-refractivity contribution in [2.75, 3.05) is 13.1 Å². The zero-order valence-corrected chi connectivity index (χ0v) is 10.9. The quantitative estimate of drug-likeness (QED) is 0.500. The van der Waals surface area contributed by atoms with Crippen LogP contribution in [-0.4, -0.2) is 58.1 Å². The number of hydrogen-bond donors (Lipinski definition) is 4. The van der Waals surface area contributed by atoms with Gasteiger partial charge in [-0.25, -0.2) is 4.79 Å². The summed E-state index contributed by atoms with van der Waals surface area (Å²) in [4.78, 5) is 45.9. The zero-order chi connectivity index (χ0) is 15.4. The standard InChI is InChI=1S/C11H17N3O6/c1-5(8(15)13-11(12)20)14-3-2-6(9(16)17)7(4-14)10(18)19/h5-7H,2-4H2,1H3,(H,16,17)(H,18,19)(H3,12,13,15,20). The van der Waals surface area contributed by atoms with Gasteiger partial charge < -0.3 is 15.9 Å². The van der Waals surface area contributed by atoms with E-state index in [4.69, 9.17) is 15.9 Å². The van der Waals surface area contributed by atoms with Crippen LogP contribution in [-0.2, 0) is 14.4 Å². The Hall–Kier alpha value is -2.16. The monoisotopic (exact) mass is 287 g/mol. The first-order valence-corrected chi connectivity index (χ1v) is 6.04. The third-order valence-electron chi connectivity index (χ3n) is 3.45. The van der Waals surface area contributed by atoms with E-state index < -0.39 is 41.8 Å². The summed E-state index contributed by atoms with van der Waals surface area (Å²) in [6, 6.07) is -1.75. The van der Waals surface area contributed by atoms with Crippen molar-refractivity contribution >= 4 is 23.9 Å². The molecule has 0 saturated carbocycles. The molecule has 0 spiro atoms. The number of likely N-dealkylation sites (tertiary alicyclic amines) is 1. The Morgan fingerprint density at radius 2 is 1.75 bits per heavy atom. The van der Waals surface area contributed by atoms with E-state index in [2.05, 4.69) is 0 Å². The largest absolute Gasteiger partial charge is 0.481 e. The van der Waals surface area contributed by atoms with Crippen molar-refractivity contribution in [2.45, 2.75) is 19.4 Å². The molecular formula is C11H17N3O6. The van der Waals surface area contributed by atoms with Crippen molar-refractivity contribution < 1.29 is 29.4 Å². The number of amides is 3. The minimum absolute atomic E-state index is 0.0698. The van der Waals surface area contributed by atoms with Gasteiger partial charge >= 0.3 is 18.0 Å². The second-order valence-corrected chi connectivity index (χ2v) is 4.70. The number of carbonyl (C=O) groups is 4. The molecule has 112 valence electrons. The van der Waals surface area contributed by atoms with E-state index in [0.29, 0.717) is 0 Å². The Kier molecular flexibility index (Phi) is 5.03. The number of piperidine rings is 1. The van der Waals surface area contributed by atoms with Gasteiger partial charge in [0.25, 0.3) is 0 Å². The minimum atomic E-state index is -1.22. The summed E-state index contributed by atoms with van der Waals surface area (Å²) in [7, 11) is 0. The van der Waals surface area contributed by atoms with Gasteiger partial charge in [-0.3, -0.25) is 24.6 Å². The van der Waals surface area contributed by atoms with Gasteiger partial charge in [-0.1, -0.05) is 0 Å². The van der Waals surface area contributed by atoms with Crippen LogP contribution in [0.25, 0.3) is 0 Å². The Bertz CT molecular complexity index is 438. The van der Waals surface area contributed by atoms with Gasteiger partial charge in [0, 0.05) is 6.54 Å². The van der Waals surface area contributed by atoms with Crippen LogP contribution in [0.5, 0.6) is 0 Å². The number of carboxylic acids is 2. The van der Waals surface area contributed by atoms with E-state index >= 15 is 0 Å². The van der Waals surface area contributed by atoms with Crippen LogP contribution in [0.2, 0.25) is 0 Å². The molecule has 1 saturated heterocycles. The van der Waals surface area contributed by atoms with Gasteiger partial charge in [-0.2, -0.15) is 0 Å². The van der Waals surface area contributed by atoms with Gasteiger partial charge in [-0.05, 0) is 19.9 Å². The highest BCUT2D eigenvalue weighted by atomic mass is 16.4. The van der Waals surface area contributed by atoms with Crippen LogP contribution in [0.15, 0.2) is 0 Å². The predicted molar refractivity (Wildman–Crippen MR) is 65.6 cm³/mol. The Morgan fingerprint density at radius 3 is 2.20 bits per heavy atom. The number of carbonyl (C=O) groups excluding carboxylic acids is 2. The van der Waals surface area contributed by atoms with E-state index in [1.807, 2.05) is 5.32 Å². The van der Waals surface area contributed by atoms with E-state index in [1.165, 1.54) is 11.8 Å². The number of carboxylic acid groups (broad SMARTS) is 2. The fraction of sp³-hybridized carbons (Fsp3) is 0.636. The maximum absolute atomic E-state index is 11.6. The number of nitrogens with two attached hydrogens (primary N) is 1. The highest BCUT2D eigenvalue weighted by molar-refractivity contribution is 5.96. The lowest BCUT2D eigenvalue weighted by Crippen LogP contribution is -2.54. The molecule has 5 N–H and O–H groups in total. The molecule has 1 fully saturated rings.